The van der Waals surface area contributed by atoms with Gasteiger partial charge in [0.1, 0.15) is 0 Å². The summed E-state index contributed by atoms with van der Waals surface area (Å²) in [6.45, 7) is 7.12. The molecule has 0 radical (unpaired) electrons. The molecule has 0 heterocycles. The Morgan fingerprint density at radius 1 is 1.05 bits per heavy atom. The highest BCUT2D eigenvalue weighted by Crippen LogP contribution is 2.56. The van der Waals surface area contributed by atoms with Crippen molar-refractivity contribution in [3.63, 3.8) is 0 Å². The number of aliphatic hydroxyl groups excluding tert-OH is 2. The molecular weight excluding hydrogens is 244 g/mol. The van der Waals surface area contributed by atoms with Gasteiger partial charge in [-0.2, -0.15) is 0 Å². The lowest BCUT2D eigenvalue weighted by Gasteiger charge is -2.59. The lowest BCUT2D eigenvalue weighted by Crippen LogP contribution is -2.65. The molecule has 0 aliphatic heterocycles. The molecule has 2 saturated carbocycles. The molecule has 0 aromatic rings. The Morgan fingerprint density at radius 2 is 1.58 bits per heavy atom. The van der Waals surface area contributed by atoms with Crippen LogP contribution in [-0.2, 0) is 0 Å². The molecule has 4 nitrogen and oxygen atoms in total. The fourth-order valence-corrected chi connectivity index (χ4v) is 4.52. The molecule has 0 aromatic heterocycles. The van der Waals surface area contributed by atoms with Crippen molar-refractivity contribution in [3.8, 4) is 0 Å². The van der Waals surface area contributed by atoms with Crippen LogP contribution in [0.4, 0.5) is 0 Å². The molecule has 2 fully saturated rings. The highest BCUT2D eigenvalue weighted by molar-refractivity contribution is 5.10. The summed E-state index contributed by atoms with van der Waals surface area (Å²) in [7, 11) is 0. The van der Waals surface area contributed by atoms with Gasteiger partial charge in [0.05, 0.1) is 23.4 Å². The van der Waals surface area contributed by atoms with Gasteiger partial charge in [-0.05, 0) is 51.9 Å². The van der Waals surface area contributed by atoms with E-state index in [0.717, 1.165) is 19.3 Å². The predicted octanol–water partition coefficient (Wildman–Crippen LogP) is 1.06. The predicted molar refractivity (Wildman–Crippen MR) is 72.5 cm³/mol. The Morgan fingerprint density at radius 3 is 2.11 bits per heavy atom. The van der Waals surface area contributed by atoms with E-state index in [1.807, 2.05) is 0 Å². The van der Waals surface area contributed by atoms with Crippen LogP contribution in [0.15, 0.2) is 0 Å². The second kappa shape index (κ2) is 4.42. The molecule has 19 heavy (non-hydrogen) atoms. The average Bonchev–Trinajstić information content (AvgIpc) is 2.22. The number of fused-ring (bicyclic) bond motifs is 1. The zero-order chi connectivity index (χ0) is 14.6. The van der Waals surface area contributed by atoms with Crippen molar-refractivity contribution in [1.29, 1.82) is 0 Å². The third-order valence-corrected chi connectivity index (χ3v) is 5.73. The summed E-state index contributed by atoms with van der Waals surface area (Å²) in [5, 5.41) is 41.6. The van der Waals surface area contributed by atoms with Crippen molar-refractivity contribution in [2.45, 2.75) is 76.8 Å². The van der Waals surface area contributed by atoms with Gasteiger partial charge in [-0.15, -0.1) is 0 Å². The van der Waals surface area contributed by atoms with Crippen LogP contribution in [0.2, 0.25) is 0 Å². The Kier molecular flexibility index (Phi) is 3.54. The zero-order valence-corrected chi connectivity index (χ0v) is 12.4. The maximum absolute atomic E-state index is 10.7. The minimum Gasteiger partial charge on any atom is -0.392 e. The van der Waals surface area contributed by atoms with Gasteiger partial charge in [-0.25, -0.2) is 0 Å². The van der Waals surface area contributed by atoms with E-state index >= 15 is 0 Å². The summed E-state index contributed by atoms with van der Waals surface area (Å²) in [6, 6.07) is 0. The monoisotopic (exact) mass is 272 g/mol. The molecule has 112 valence electrons. The van der Waals surface area contributed by atoms with E-state index in [1.165, 1.54) is 0 Å². The smallest absolute Gasteiger partial charge is 0.0935 e. The molecule has 0 aromatic carbocycles. The van der Waals surface area contributed by atoms with E-state index < -0.39 is 29.3 Å². The van der Waals surface area contributed by atoms with Crippen LogP contribution in [0.3, 0.4) is 0 Å². The number of rotatable bonds is 1. The van der Waals surface area contributed by atoms with Crippen LogP contribution in [0.5, 0.6) is 0 Å². The topological polar surface area (TPSA) is 80.9 Å². The first kappa shape index (κ1) is 15.2. The van der Waals surface area contributed by atoms with Gasteiger partial charge in [0, 0.05) is 11.8 Å². The standard InChI is InChI=1S/C15H28O4/c1-13(2,18)9-5-7-14(3)8-6-10(16)15(4,19)12(14)11(9)17/h9-12,16-19H,5-8H2,1-4H3/t9-,10+,11+,12+,14+,15-/m1/s1. The Labute approximate surface area is 115 Å². The van der Waals surface area contributed by atoms with E-state index in [-0.39, 0.29) is 11.3 Å². The molecule has 0 saturated heterocycles. The quantitative estimate of drug-likeness (QED) is 0.575. The maximum atomic E-state index is 10.7. The molecule has 0 spiro atoms. The van der Waals surface area contributed by atoms with Crippen LogP contribution in [0.1, 0.15) is 53.4 Å². The van der Waals surface area contributed by atoms with Crippen molar-refractivity contribution >= 4 is 0 Å². The SMILES string of the molecule is CC(C)(O)[C@@H]1CC[C@@]2(C)CC[C@H](O)[C@@](C)(O)[C@H]2[C@H]1O. The number of hydrogen-bond acceptors (Lipinski definition) is 4. The van der Waals surface area contributed by atoms with E-state index in [0.29, 0.717) is 6.42 Å². The van der Waals surface area contributed by atoms with E-state index in [9.17, 15) is 20.4 Å². The highest BCUT2D eigenvalue weighted by Gasteiger charge is 2.60. The lowest BCUT2D eigenvalue weighted by molar-refractivity contribution is -0.236. The van der Waals surface area contributed by atoms with Crippen LogP contribution in [0, 0.1) is 17.3 Å². The molecule has 4 N–H and O–H groups in total. The van der Waals surface area contributed by atoms with Crippen molar-refractivity contribution in [1.82, 2.24) is 0 Å². The third kappa shape index (κ3) is 2.33. The molecule has 0 unspecified atom stereocenters. The molecular formula is C15H28O4. The first-order valence-electron chi connectivity index (χ1n) is 7.31. The summed E-state index contributed by atoms with van der Waals surface area (Å²) < 4.78 is 0. The van der Waals surface area contributed by atoms with E-state index in [2.05, 4.69) is 6.92 Å². The lowest BCUT2D eigenvalue weighted by atomic mass is 9.50. The van der Waals surface area contributed by atoms with Gasteiger partial charge in [0.15, 0.2) is 0 Å². The molecule has 0 amide bonds. The van der Waals surface area contributed by atoms with Gasteiger partial charge in [0.25, 0.3) is 0 Å². The Bertz CT molecular complexity index is 342. The number of hydrogen-bond donors (Lipinski definition) is 4. The number of aliphatic hydroxyl groups is 4. The zero-order valence-electron chi connectivity index (χ0n) is 12.4. The average molecular weight is 272 g/mol. The Balaban J connectivity index is 2.36. The van der Waals surface area contributed by atoms with Gasteiger partial charge in [-0.1, -0.05) is 6.92 Å². The van der Waals surface area contributed by atoms with Crippen molar-refractivity contribution in [2.24, 2.45) is 17.3 Å². The largest absolute Gasteiger partial charge is 0.392 e. The van der Waals surface area contributed by atoms with Crippen LogP contribution >= 0.6 is 0 Å². The summed E-state index contributed by atoms with van der Waals surface area (Å²) in [6.07, 6.45) is 1.41. The summed E-state index contributed by atoms with van der Waals surface area (Å²) in [5.74, 6) is -0.656. The summed E-state index contributed by atoms with van der Waals surface area (Å²) >= 11 is 0. The van der Waals surface area contributed by atoms with Gasteiger partial charge in [-0.3, -0.25) is 0 Å². The van der Waals surface area contributed by atoms with Crippen molar-refractivity contribution in [3.05, 3.63) is 0 Å². The van der Waals surface area contributed by atoms with Gasteiger partial charge >= 0.3 is 0 Å². The Hall–Kier alpha value is -0.160. The van der Waals surface area contributed by atoms with E-state index in [1.54, 1.807) is 20.8 Å². The molecule has 4 heteroatoms. The molecule has 2 aliphatic carbocycles. The molecule has 0 bridgehead atoms. The second-order valence-corrected chi connectivity index (χ2v) is 7.70. The fourth-order valence-electron chi connectivity index (χ4n) is 4.52. The fraction of sp³-hybridized carbons (Fsp3) is 1.00. The van der Waals surface area contributed by atoms with Crippen LogP contribution < -0.4 is 0 Å². The van der Waals surface area contributed by atoms with Crippen LogP contribution in [0.25, 0.3) is 0 Å². The van der Waals surface area contributed by atoms with E-state index in [4.69, 9.17) is 0 Å². The van der Waals surface area contributed by atoms with Crippen LogP contribution in [-0.4, -0.2) is 43.8 Å². The minimum absolute atomic E-state index is 0.163. The highest BCUT2D eigenvalue weighted by atomic mass is 16.3. The molecule has 6 atom stereocenters. The first-order valence-corrected chi connectivity index (χ1v) is 7.31. The summed E-state index contributed by atoms with van der Waals surface area (Å²) in [5.41, 5.74) is -2.43. The third-order valence-electron chi connectivity index (χ3n) is 5.73. The van der Waals surface area contributed by atoms with Gasteiger partial charge < -0.3 is 20.4 Å². The first-order chi connectivity index (χ1) is 8.50. The minimum atomic E-state index is -1.30. The normalized spacial score (nSPS) is 51.8. The van der Waals surface area contributed by atoms with Crippen molar-refractivity contribution < 1.29 is 20.4 Å². The maximum Gasteiger partial charge on any atom is 0.0935 e. The van der Waals surface area contributed by atoms with Crippen molar-refractivity contribution in [2.75, 3.05) is 0 Å². The molecule has 2 rings (SSSR count). The second-order valence-electron chi connectivity index (χ2n) is 7.70. The van der Waals surface area contributed by atoms with Gasteiger partial charge in [0.2, 0.25) is 0 Å². The summed E-state index contributed by atoms with van der Waals surface area (Å²) in [4.78, 5) is 0. The molecule has 2 aliphatic rings.